The third-order valence-corrected chi connectivity index (χ3v) is 15.4. The molecule has 4 rings (SSSR count). The number of amidine groups is 1. The first-order chi connectivity index (χ1) is 14.6. The van der Waals surface area contributed by atoms with Crippen LogP contribution in [-0.2, 0) is 20.0 Å². The van der Waals surface area contributed by atoms with E-state index in [0.29, 0.717) is 9.13 Å². The van der Waals surface area contributed by atoms with Crippen molar-refractivity contribution in [2.75, 3.05) is 0 Å². The summed E-state index contributed by atoms with van der Waals surface area (Å²) in [5.41, 5.74) is 2.23. The van der Waals surface area contributed by atoms with E-state index in [1.165, 1.54) is 24.3 Å². The first-order valence-corrected chi connectivity index (χ1v) is 16.8. The molecule has 162 valence electrons. The van der Waals surface area contributed by atoms with Crippen molar-refractivity contribution in [2.24, 2.45) is 4.40 Å². The molecule has 1 aliphatic rings. The minimum atomic E-state index is -4.16. The van der Waals surface area contributed by atoms with E-state index in [4.69, 9.17) is 8.91 Å². The predicted octanol–water partition coefficient (Wildman–Crippen LogP) is 4.89. The first-order valence-electron chi connectivity index (χ1n) is 9.11. The fourth-order valence-corrected chi connectivity index (χ4v) is 13.2. The summed E-state index contributed by atoms with van der Waals surface area (Å²) >= 11 is -3.01. The van der Waals surface area contributed by atoms with Gasteiger partial charge in [-0.2, -0.15) is 0 Å². The molecule has 10 heteroatoms. The number of aryl methyl sites for hydroxylation is 2. The van der Waals surface area contributed by atoms with Crippen molar-refractivity contribution in [3.8, 4) is 0 Å². The Morgan fingerprint density at radius 3 is 1.87 bits per heavy atom. The zero-order valence-electron chi connectivity index (χ0n) is 16.5. The monoisotopic (exact) mass is 588 g/mol. The predicted molar refractivity (Wildman–Crippen MR) is 130 cm³/mol. The summed E-state index contributed by atoms with van der Waals surface area (Å²) in [5, 5.41) is 0. The molecule has 0 saturated heterocycles. The van der Waals surface area contributed by atoms with E-state index in [-0.39, 0.29) is 15.6 Å². The van der Waals surface area contributed by atoms with Crippen LogP contribution in [0.3, 0.4) is 0 Å². The molecule has 1 heterocycles. The molecule has 0 unspecified atom stereocenters. The standard InChI is InChI=1S/C21H18ClIN2O4S2/c1-15-7-11-17(12-8-15)30(26,27)24-21-19-5-3-4-6-20(19)23(22)25(21)31(28,29)18-13-9-16(2)10-14-18/h3-14H,1-2H3/b24-21-. The molecule has 0 atom stereocenters. The number of sulfonamides is 2. The van der Waals surface area contributed by atoms with Crippen LogP contribution in [0.25, 0.3) is 0 Å². The molecule has 1 aliphatic heterocycles. The van der Waals surface area contributed by atoms with E-state index >= 15 is 0 Å². The van der Waals surface area contributed by atoms with Gasteiger partial charge in [0.25, 0.3) is 0 Å². The van der Waals surface area contributed by atoms with E-state index in [1.54, 1.807) is 48.5 Å². The van der Waals surface area contributed by atoms with Crippen LogP contribution < -0.4 is 0 Å². The minimum absolute atomic E-state index is 0.0161. The van der Waals surface area contributed by atoms with Gasteiger partial charge in [0.2, 0.25) is 0 Å². The third kappa shape index (κ3) is 4.11. The SMILES string of the molecule is Cc1ccc(S(=O)(=O)/N=C2/c3ccccc3I(Cl)N2S(=O)(=O)c2ccc(C)cc2)cc1. The van der Waals surface area contributed by atoms with E-state index < -0.39 is 39.0 Å². The van der Waals surface area contributed by atoms with Crippen LogP contribution in [0.2, 0.25) is 0 Å². The number of hydrogen-bond donors (Lipinski definition) is 0. The molecule has 0 bridgehead atoms. The van der Waals surface area contributed by atoms with Gasteiger partial charge in [-0.05, 0) is 0 Å². The van der Waals surface area contributed by atoms with Crippen LogP contribution >= 0.6 is 27.9 Å². The molecule has 3 aromatic rings. The van der Waals surface area contributed by atoms with Gasteiger partial charge in [0.15, 0.2) is 0 Å². The van der Waals surface area contributed by atoms with Gasteiger partial charge >= 0.3 is 194 Å². The van der Waals surface area contributed by atoms with E-state index in [2.05, 4.69) is 4.40 Å². The Bertz CT molecular complexity index is 1390. The van der Waals surface area contributed by atoms with Crippen molar-refractivity contribution in [2.45, 2.75) is 23.6 Å². The molecule has 0 amide bonds. The van der Waals surface area contributed by atoms with Crippen LogP contribution in [-0.4, -0.2) is 25.2 Å². The maximum atomic E-state index is 13.5. The molecular formula is C21H18ClIN2O4S2. The summed E-state index contributed by atoms with van der Waals surface area (Å²) in [7, 11) is -1.57. The van der Waals surface area contributed by atoms with E-state index in [0.717, 1.165) is 13.6 Å². The van der Waals surface area contributed by atoms with Crippen LogP contribution in [0.1, 0.15) is 16.7 Å². The van der Waals surface area contributed by atoms with Crippen molar-refractivity contribution in [3.05, 3.63) is 93.1 Å². The van der Waals surface area contributed by atoms with Crippen molar-refractivity contribution >= 4 is 53.8 Å². The van der Waals surface area contributed by atoms with Crippen LogP contribution in [0.15, 0.2) is 87.0 Å². The molecule has 0 aromatic heterocycles. The third-order valence-electron chi connectivity index (χ3n) is 4.64. The molecule has 3 aromatic carbocycles. The van der Waals surface area contributed by atoms with Gasteiger partial charge in [-0.25, -0.2) is 0 Å². The Kier molecular flexibility index (Phi) is 5.88. The number of rotatable bonds is 4. The first kappa shape index (κ1) is 22.3. The summed E-state index contributed by atoms with van der Waals surface area (Å²) in [6.45, 7) is 3.69. The number of nitrogens with zero attached hydrogens (tertiary/aromatic N) is 2. The molecule has 6 nitrogen and oxygen atoms in total. The second-order valence-corrected chi connectivity index (χ2v) is 16.2. The van der Waals surface area contributed by atoms with Gasteiger partial charge < -0.3 is 0 Å². The van der Waals surface area contributed by atoms with Crippen molar-refractivity contribution in [3.63, 3.8) is 0 Å². The van der Waals surface area contributed by atoms with Gasteiger partial charge in [0.05, 0.1) is 0 Å². The van der Waals surface area contributed by atoms with Gasteiger partial charge in [0.1, 0.15) is 0 Å². The van der Waals surface area contributed by atoms with E-state index in [1.807, 2.05) is 13.8 Å². The summed E-state index contributed by atoms with van der Waals surface area (Å²) in [5.74, 6) is -0.156. The normalized spacial score (nSPS) is 16.5. The van der Waals surface area contributed by atoms with Gasteiger partial charge in [0, 0.05) is 0 Å². The molecule has 0 fully saturated rings. The summed E-state index contributed by atoms with van der Waals surface area (Å²) < 4.78 is 58.7. The van der Waals surface area contributed by atoms with Gasteiger partial charge in [-0.1, -0.05) is 0 Å². The molecule has 0 N–H and O–H groups in total. The molecule has 0 saturated carbocycles. The summed E-state index contributed by atoms with van der Waals surface area (Å²) in [6, 6.07) is 19.4. The molecule has 0 radical (unpaired) electrons. The van der Waals surface area contributed by atoms with Crippen LogP contribution in [0.5, 0.6) is 0 Å². The van der Waals surface area contributed by atoms with Gasteiger partial charge in [-0.15, -0.1) is 0 Å². The number of benzene rings is 3. The number of hydrogen-bond acceptors (Lipinski definition) is 4. The Hall–Kier alpha value is -1.95. The Morgan fingerprint density at radius 2 is 1.29 bits per heavy atom. The molecule has 0 aliphatic carbocycles. The average Bonchev–Trinajstić information content (AvgIpc) is 3.01. The van der Waals surface area contributed by atoms with Crippen LogP contribution in [0.4, 0.5) is 0 Å². The maximum absolute atomic E-state index is 13.5. The van der Waals surface area contributed by atoms with Gasteiger partial charge in [-0.3, -0.25) is 0 Å². The quantitative estimate of drug-likeness (QED) is 0.321. The molecule has 31 heavy (non-hydrogen) atoms. The Morgan fingerprint density at radius 1 is 0.774 bits per heavy atom. The fourth-order valence-electron chi connectivity index (χ4n) is 2.98. The fraction of sp³-hybridized carbons (Fsp3) is 0.0952. The average molecular weight is 589 g/mol. The van der Waals surface area contributed by atoms with E-state index in [9.17, 15) is 16.8 Å². The Balaban J connectivity index is 1.91. The Labute approximate surface area is 193 Å². The second kappa shape index (κ2) is 8.19. The summed E-state index contributed by atoms with van der Waals surface area (Å²) in [4.78, 5) is 0.0203. The molecular weight excluding hydrogens is 571 g/mol. The van der Waals surface area contributed by atoms with Crippen molar-refractivity contribution in [1.29, 1.82) is 0 Å². The summed E-state index contributed by atoms with van der Waals surface area (Å²) in [6.07, 6.45) is 0. The molecule has 0 spiro atoms. The number of halogens is 2. The number of fused-ring (bicyclic) bond motifs is 1. The van der Waals surface area contributed by atoms with Crippen molar-refractivity contribution in [1.82, 2.24) is 2.52 Å². The second-order valence-electron chi connectivity index (χ2n) is 6.94. The van der Waals surface area contributed by atoms with Crippen molar-refractivity contribution < 1.29 is 16.8 Å². The topological polar surface area (TPSA) is 83.9 Å². The van der Waals surface area contributed by atoms with Crippen LogP contribution in [0, 0.1) is 17.4 Å². The zero-order valence-corrected chi connectivity index (χ0v) is 21.1. The zero-order chi connectivity index (χ0) is 22.4.